The van der Waals surface area contributed by atoms with Crippen LogP contribution in [-0.4, -0.2) is 16.8 Å². The molecule has 28 heavy (non-hydrogen) atoms. The number of anilines is 1. The van der Waals surface area contributed by atoms with Gasteiger partial charge in [0.05, 0.1) is 10.9 Å². The van der Waals surface area contributed by atoms with Crippen molar-refractivity contribution in [3.8, 4) is 11.1 Å². The number of nitrogens with one attached hydrogen (secondary N) is 1. The van der Waals surface area contributed by atoms with Crippen LogP contribution < -0.4 is 10.4 Å². The molecule has 0 aliphatic carbocycles. The van der Waals surface area contributed by atoms with Crippen LogP contribution in [0.5, 0.6) is 0 Å². The molecule has 0 radical (unpaired) electrons. The lowest BCUT2D eigenvalue weighted by atomic mass is 9.95. The topological polar surface area (TPSA) is 112 Å². The summed E-state index contributed by atoms with van der Waals surface area (Å²) in [5, 5.41) is 24.7. The second-order valence-corrected chi connectivity index (χ2v) is 6.09. The molecule has 7 nitrogen and oxygen atoms in total. The number of hydrogen-bond acceptors (Lipinski definition) is 5. The van der Waals surface area contributed by atoms with Crippen LogP contribution in [0.15, 0.2) is 66.7 Å². The Morgan fingerprint density at radius 1 is 0.929 bits per heavy atom. The molecule has 0 saturated heterocycles. The van der Waals surface area contributed by atoms with Gasteiger partial charge in [0.15, 0.2) is 0 Å². The Morgan fingerprint density at radius 2 is 1.57 bits per heavy atom. The van der Waals surface area contributed by atoms with Gasteiger partial charge in [-0.2, -0.15) is 0 Å². The van der Waals surface area contributed by atoms with Crippen LogP contribution in [0.3, 0.4) is 0 Å². The van der Waals surface area contributed by atoms with Crippen LogP contribution in [0.25, 0.3) is 11.1 Å². The van der Waals surface area contributed by atoms with E-state index in [1.54, 1.807) is 24.3 Å². The van der Waals surface area contributed by atoms with Gasteiger partial charge < -0.3 is 15.2 Å². The van der Waals surface area contributed by atoms with E-state index in [2.05, 4.69) is 5.32 Å². The van der Waals surface area contributed by atoms with Crippen molar-refractivity contribution in [3.63, 3.8) is 0 Å². The second kappa shape index (κ2) is 7.71. The van der Waals surface area contributed by atoms with Crippen molar-refractivity contribution in [2.75, 3.05) is 5.32 Å². The third-order valence-corrected chi connectivity index (χ3v) is 4.29. The highest BCUT2D eigenvalue weighted by atomic mass is 16.6. The quantitative estimate of drug-likeness (QED) is 0.544. The third-order valence-electron chi connectivity index (χ3n) is 4.29. The Kier molecular flexibility index (Phi) is 5.17. The van der Waals surface area contributed by atoms with Crippen molar-refractivity contribution in [1.82, 2.24) is 0 Å². The molecule has 7 heteroatoms. The molecule has 0 bridgehead atoms. The average molecular weight is 375 g/mol. The number of nitro benzene ring substituents is 1. The van der Waals surface area contributed by atoms with Crippen molar-refractivity contribution in [3.05, 3.63) is 93.5 Å². The SMILES string of the molecule is Cc1ccccc1-c1ccccc1C(=O)Nc1ccc(C(=O)[O-])cc1[N+](=O)[O-]. The van der Waals surface area contributed by atoms with Gasteiger partial charge in [-0.15, -0.1) is 0 Å². The highest BCUT2D eigenvalue weighted by Crippen LogP contribution is 2.29. The fourth-order valence-corrected chi connectivity index (χ4v) is 2.90. The Hall–Kier alpha value is -4.00. The summed E-state index contributed by atoms with van der Waals surface area (Å²) in [5.74, 6) is -2.07. The van der Waals surface area contributed by atoms with Gasteiger partial charge in [-0.1, -0.05) is 48.5 Å². The summed E-state index contributed by atoms with van der Waals surface area (Å²) >= 11 is 0. The molecule has 1 N–H and O–H groups in total. The smallest absolute Gasteiger partial charge is 0.293 e. The molecule has 1 amide bonds. The molecule has 140 valence electrons. The van der Waals surface area contributed by atoms with Gasteiger partial charge in [0.25, 0.3) is 11.6 Å². The lowest BCUT2D eigenvalue weighted by molar-refractivity contribution is -0.384. The highest BCUT2D eigenvalue weighted by molar-refractivity contribution is 6.10. The zero-order valence-corrected chi connectivity index (χ0v) is 14.8. The molecular formula is C21H15N2O5-. The van der Waals surface area contributed by atoms with E-state index in [0.717, 1.165) is 23.3 Å². The van der Waals surface area contributed by atoms with Gasteiger partial charge in [0.1, 0.15) is 5.69 Å². The molecule has 3 rings (SSSR count). The molecule has 0 spiro atoms. The van der Waals surface area contributed by atoms with Gasteiger partial charge in [0, 0.05) is 17.2 Å². The van der Waals surface area contributed by atoms with E-state index in [0.29, 0.717) is 11.1 Å². The van der Waals surface area contributed by atoms with Gasteiger partial charge in [-0.3, -0.25) is 14.9 Å². The Balaban J connectivity index is 2.01. The number of nitrogens with zero attached hydrogens (tertiary/aromatic N) is 1. The van der Waals surface area contributed by atoms with Crippen LogP contribution in [0.2, 0.25) is 0 Å². The summed E-state index contributed by atoms with van der Waals surface area (Å²) in [7, 11) is 0. The van der Waals surface area contributed by atoms with Crippen molar-refractivity contribution in [2.45, 2.75) is 6.92 Å². The molecule has 0 aromatic heterocycles. The van der Waals surface area contributed by atoms with Gasteiger partial charge in [-0.25, -0.2) is 0 Å². The summed E-state index contributed by atoms with van der Waals surface area (Å²) in [6.07, 6.45) is 0. The lowest BCUT2D eigenvalue weighted by Gasteiger charge is -2.13. The minimum atomic E-state index is -1.54. The molecule has 3 aromatic carbocycles. The fraction of sp³-hybridized carbons (Fsp3) is 0.0476. The summed E-state index contributed by atoms with van der Waals surface area (Å²) in [4.78, 5) is 34.3. The number of nitro groups is 1. The minimum absolute atomic E-state index is 0.0976. The van der Waals surface area contributed by atoms with Crippen molar-refractivity contribution in [2.24, 2.45) is 0 Å². The highest BCUT2D eigenvalue weighted by Gasteiger charge is 2.20. The largest absolute Gasteiger partial charge is 0.545 e. The molecule has 0 fully saturated rings. The van der Waals surface area contributed by atoms with Crippen molar-refractivity contribution in [1.29, 1.82) is 0 Å². The number of hydrogen-bond donors (Lipinski definition) is 1. The van der Waals surface area contributed by atoms with Gasteiger partial charge in [0.2, 0.25) is 0 Å². The molecule has 0 atom stereocenters. The summed E-state index contributed by atoms with van der Waals surface area (Å²) in [6.45, 7) is 1.92. The first-order valence-corrected chi connectivity index (χ1v) is 8.34. The van der Waals surface area contributed by atoms with E-state index < -0.39 is 22.5 Å². The normalized spacial score (nSPS) is 10.3. The average Bonchev–Trinajstić information content (AvgIpc) is 2.68. The van der Waals surface area contributed by atoms with Crippen LogP contribution in [-0.2, 0) is 0 Å². The summed E-state index contributed by atoms with van der Waals surface area (Å²) in [6, 6.07) is 17.7. The predicted octanol–water partition coefficient (Wildman–Crippen LogP) is 3.19. The first-order chi connectivity index (χ1) is 13.4. The van der Waals surface area contributed by atoms with E-state index in [-0.39, 0.29) is 11.3 Å². The van der Waals surface area contributed by atoms with Gasteiger partial charge >= 0.3 is 0 Å². The first-order valence-electron chi connectivity index (χ1n) is 8.34. The zero-order valence-electron chi connectivity index (χ0n) is 14.8. The maximum atomic E-state index is 12.9. The van der Waals surface area contributed by atoms with Crippen molar-refractivity contribution < 1.29 is 19.6 Å². The number of aromatic carboxylic acids is 1. The third kappa shape index (κ3) is 3.73. The number of carbonyl (C=O) groups excluding carboxylic acids is 2. The number of rotatable bonds is 5. The fourth-order valence-electron chi connectivity index (χ4n) is 2.90. The molecule has 0 aliphatic heterocycles. The predicted molar refractivity (Wildman–Crippen MR) is 102 cm³/mol. The van der Waals surface area contributed by atoms with E-state index >= 15 is 0 Å². The van der Waals surface area contributed by atoms with Crippen LogP contribution >= 0.6 is 0 Å². The molecule has 0 heterocycles. The van der Waals surface area contributed by atoms with E-state index in [4.69, 9.17) is 0 Å². The Morgan fingerprint density at radius 3 is 2.21 bits per heavy atom. The molecule has 3 aromatic rings. The van der Waals surface area contributed by atoms with Crippen LogP contribution in [0, 0.1) is 17.0 Å². The standard InChI is InChI=1S/C21H16N2O5/c1-13-6-2-3-7-15(13)16-8-4-5-9-17(16)20(24)22-18-11-10-14(21(25)26)12-19(18)23(27)28/h2-12H,1H3,(H,22,24)(H,25,26)/p-1. The van der Waals surface area contributed by atoms with E-state index in [1.807, 2.05) is 31.2 Å². The monoisotopic (exact) mass is 375 g/mol. The van der Waals surface area contributed by atoms with E-state index in [9.17, 15) is 24.8 Å². The molecule has 0 unspecified atom stereocenters. The zero-order chi connectivity index (χ0) is 20.3. The van der Waals surface area contributed by atoms with Crippen molar-refractivity contribution >= 4 is 23.3 Å². The maximum Gasteiger partial charge on any atom is 0.293 e. The van der Waals surface area contributed by atoms with Gasteiger partial charge in [-0.05, 0) is 35.7 Å². The number of amides is 1. The number of carboxylic acid groups (broad SMARTS) is 1. The lowest BCUT2D eigenvalue weighted by Crippen LogP contribution is -2.22. The minimum Gasteiger partial charge on any atom is -0.545 e. The molecule has 0 saturated carbocycles. The molecule has 0 aliphatic rings. The number of benzene rings is 3. The summed E-state index contributed by atoms with van der Waals surface area (Å²) in [5.41, 5.74) is 1.91. The Labute approximate surface area is 160 Å². The Bertz CT molecular complexity index is 1090. The number of carbonyl (C=O) groups is 2. The maximum absolute atomic E-state index is 12.9. The second-order valence-electron chi connectivity index (χ2n) is 6.09. The summed E-state index contributed by atoms with van der Waals surface area (Å²) < 4.78 is 0. The first kappa shape index (κ1) is 18.8. The van der Waals surface area contributed by atoms with E-state index in [1.165, 1.54) is 6.07 Å². The molecular weight excluding hydrogens is 360 g/mol. The number of carboxylic acids is 1. The van der Waals surface area contributed by atoms with Crippen LogP contribution in [0.1, 0.15) is 26.3 Å². The van der Waals surface area contributed by atoms with Crippen LogP contribution in [0.4, 0.5) is 11.4 Å². The number of aryl methyl sites for hydroxylation is 1.